The van der Waals surface area contributed by atoms with Crippen molar-refractivity contribution in [1.29, 1.82) is 0 Å². The lowest BCUT2D eigenvalue weighted by molar-refractivity contribution is -0.120. The lowest BCUT2D eigenvalue weighted by atomic mass is 10.1. The van der Waals surface area contributed by atoms with Gasteiger partial charge in [0.25, 0.3) is 0 Å². The molecule has 2 aromatic heterocycles. The molecule has 0 aliphatic heterocycles. The highest BCUT2D eigenvalue weighted by molar-refractivity contribution is 5.78. The zero-order chi connectivity index (χ0) is 15.2. The van der Waals surface area contributed by atoms with E-state index in [0.717, 1.165) is 16.9 Å². The number of rotatable bonds is 5. The predicted octanol–water partition coefficient (Wildman–Crippen LogP) is 0.916. The van der Waals surface area contributed by atoms with Crippen LogP contribution in [0.2, 0.25) is 0 Å². The van der Waals surface area contributed by atoms with E-state index in [0.29, 0.717) is 13.0 Å². The topological polar surface area (TPSA) is 85.6 Å². The Bertz CT molecular complexity index is 724. The average Bonchev–Trinajstić information content (AvgIpc) is 3.09. The Kier molecular flexibility index (Phi) is 4.15. The lowest BCUT2D eigenvalue weighted by Gasteiger charge is -2.06. The summed E-state index contributed by atoms with van der Waals surface area (Å²) in [5.41, 5.74) is 2.61. The van der Waals surface area contributed by atoms with Crippen molar-refractivity contribution in [2.75, 3.05) is 0 Å². The molecule has 0 aliphatic carbocycles. The van der Waals surface area contributed by atoms with Crippen LogP contribution in [0.1, 0.15) is 11.3 Å². The Morgan fingerprint density at radius 1 is 1.14 bits per heavy atom. The molecule has 1 amide bonds. The Hall–Kier alpha value is -3.09. The maximum Gasteiger partial charge on any atom is 0.224 e. The number of aromatic nitrogens is 5. The van der Waals surface area contributed by atoms with Crippen LogP contribution in [-0.2, 0) is 17.8 Å². The lowest BCUT2D eigenvalue weighted by Crippen LogP contribution is -2.24. The van der Waals surface area contributed by atoms with Crippen molar-refractivity contribution in [2.24, 2.45) is 0 Å². The van der Waals surface area contributed by atoms with Crippen LogP contribution in [-0.4, -0.2) is 31.1 Å². The van der Waals surface area contributed by atoms with Gasteiger partial charge in [0, 0.05) is 6.20 Å². The molecule has 2 heterocycles. The van der Waals surface area contributed by atoms with Gasteiger partial charge < -0.3 is 5.32 Å². The fourth-order valence-electron chi connectivity index (χ4n) is 1.99. The van der Waals surface area contributed by atoms with Crippen molar-refractivity contribution in [3.63, 3.8) is 0 Å². The number of tetrazole rings is 1. The summed E-state index contributed by atoms with van der Waals surface area (Å²) in [6.07, 6.45) is 3.55. The molecule has 0 spiro atoms. The third-order valence-electron chi connectivity index (χ3n) is 3.11. The first kappa shape index (κ1) is 13.9. The van der Waals surface area contributed by atoms with Gasteiger partial charge in [0.15, 0.2) is 0 Å². The van der Waals surface area contributed by atoms with E-state index in [4.69, 9.17) is 0 Å². The van der Waals surface area contributed by atoms with Crippen LogP contribution in [0.25, 0.3) is 5.69 Å². The summed E-state index contributed by atoms with van der Waals surface area (Å²) in [6, 6.07) is 13.1. The maximum atomic E-state index is 11.9. The number of carbonyl (C=O) groups excluding carboxylic acids is 1. The van der Waals surface area contributed by atoms with Gasteiger partial charge in [-0.25, -0.2) is 4.68 Å². The summed E-state index contributed by atoms with van der Waals surface area (Å²) in [5, 5.41) is 13.8. The molecular formula is C15H14N6O. The Labute approximate surface area is 127 Å². The third kappa shape index (κ3) is 3.51. The number of carbonyl (C=O) groups is 1. The van der Waals surface area contributed by atoms with Crippen molar-refractivity contribution in [3.05, 3.63) is 66.2 Å². The predicted molar refractivity (Wildman–Crippen MR) is 78.9 cm³/mol. The fourth-order valence-corrected chi connectivity index (χ4v) is 1.99. The van der Waals surface area contributed by atoms with Crippen LogP contribution in [0.4, 0.5) is 0 Å². The van der Waals surface area contributed by atoms with Crippen molar-refractivity contribution < 1.29 is 4.79 Å². The Morgan fingerprint density at radius 2 is 2.00 bits per heavy atom. The smallest absolute Gasteiger partial charge is 0.224 e. The molecular weight excluding hydrogens is 280 g/mol. The van der Waals surface area contributed by atoms with Gasteiger partial charge in [-0.1, -0.05) is 18.2 Å². The van der Waals surface area contributed by atoms with E-state index >= 15 is 0 Å². The summed E-state index contributed by atoms with van der Waals surface area (Å²) in [7, 11) is 0. The van der Waals surface area contributed by atoms with E-state index in [1.54, 1.807) is 10.9 Å². The summed E-state index contributed by atoms with van der Waals surface area (Å²) in [6.45, 7) is 0.433. The van der Waals surface area contributed by atoms with Crippen LogP contribution in [0.3, 0.4) is 0 Å². The van der Waals surface area contributed by atoms with Crippen molar-refractivity contribution >= 4 is 5.91 Å². The number of nitrogens with one attached hydrogen (secondary N) is 1. The first-order chi connectivity index (χ1) is 10.8. The van der Waals surface area contributed by atoms with E-state index < -0.39 is 0 Å². The minimum Gasteiger partial charge on any atom is -0.350 e. The molecule has 0 aliphatic rings. The number of pyridine rings is 1. The van der Waals surface area contributed by atoms with Gasteiger partial charge in [0.1, 0.15) is 6.33 Å². The van der Waals surface area contributed by atoms with Gasteiger partial charge >= 0.3 is 0 Å². The maximum absolute atomic E-state index is 11.9. The third-order valence-corrected chi connectivity index (χ3v) is 3.11. The summed E-state index contributed by atoms with van der Waals surface area (Å²) in [5.74, 6) is -0.0409. The minimum atomic E-state index is -0.0409. The highest BCUT2D eigenvalue weighted by Crippen LogP contribution is 2.08. The summed E-state index contributed by atoms with van der Waals surface area (Å²) in [4.78, 5) is 16.1. The van der Waals surface area contributed by atoms with E-state index in [9.17, 15) is 4.79 Å². The molecule has 3 aromatic rings. The van der Waals surface area contributed by atoms with Gasteiger partial charge in [0.2, 0.25) is 5.91 Å². The molecule has 0 radical (unpaired) electrons. The zero-order valence-corrected chi connectivity index (χ0v) is 11.8. The number of nitrogens with zero attached hydrogens (tertiary/aromatic N) is 5. The molecule has 0 bridgehead atoms. The number of benzene rings is 1. The van der Waals surface area contributed by atoms with Crippen LogP contribution < -0.4 is 5.32 Å². The van der Waals surface area contributed by atoms with E-state index in [2.05, 4.69) is 25.8 Å². The molecule has 1 N–H and O–H groups in total. The molecule has 0 saturated heterocycles. The molecule has 0 atom stereocenters. The standard InChI is InChI=1S/C15H14N6O/c22-15(17-10-13-3-1-2-8-16-13)9-12-4-6-14(7-5-12)21-11-18-19-20-21/h1-8,11H,9-10H2,(H,17,22). The second-order valence-corrected chi connectivity index (χ2v) is 4.70. The highest BCUT2D eigenvalue weighted by Gasteiger charge is 2.05. The molecule has 110 valence electrons. The first-order valence-corrected chi connectivity index (χ1v) is 6.80. The largest absolute Gasteiger partial charge is 0.350 e. The van der Waals surface area contributed by atoms with Gasteiger partial charge in [0.05, 0.1) is 24.3 Å². The summed E-state index contributed by atoms with van der Waals surface area (Å²) >= 11 is 0. The molecule has 3 rings (SSSR count). The number of hydrogen-bond acceptors (Lipinski definition) is 5. The molecule has 7 nitrogen and oxygen atoms in total. The van der Waals surface area contributed by atoms with Crippen molar-refractivity contribution in [1.82, 2.24) is 30.5 Å². The van der Waals surface area contributed by atoms with Gasteiger partial charge in [-0.2, -0.15) is 0 Å². The Balaban J connectivity index is 1.55. The molecule has 0 unspecified atom stereocenters. The minimum absolute atomic E-state index is 0.0409. The second-order valence-electron chi connectivity index (χ2n) is 4.70. The summed E-state index contributed by atoms with van der Waals surface area (Å²) < 4.78 is 1.56. The van der Waals surface area contributed by atoms with Crippen molar-refractivity contribution in [3.8, 4) is 5.69 Å². The Morgan fingerprint density at radius 3 is 2.68 bits per heavy atom. The van der Waals surface area contributed by atoms with E-state index in [1.165, 1.54) is 6.33 Å². The fraction of sp³-hybridized carbons (Fsp3) is 0.133. The molecule has 22 heavy (non-hydrogen) atoms. The first-order valence-electron chi connectivity index (χ1n) is 6.80. The number of hydrogen-bond donors (Lipinski definition) is 1. The zero-order valence-electron chi connectivity index (χ0n) is 11.8. The average molecular weight is 294 g/mol. The molecule has 1 aromatic carbocycles. The SMILES string of the molecule is O=C(Cc1ccc(-n2cnnn2)cc1)NCc1ccccn1. The van der Waals surface area contributed by atoms with E-state index in [1.807, 2.05) is 42.5 Å². The van der Waals surface area contributed by atoms with E-state index in [-0.39, 0.29) is 5.91 Å². The van der Waals surface area contributed by atoms with Gasteiger partial charge in [-0.05, 0) is 40.3 Å². The van der Waals surface area contributed by atoms with Crippen molar-refractivity contribution in [2.45, 2.75) is 13.0 Å². The van der Waals surface area contributed by atoms with Crippen LogP contribution in [0.15, 0.2) is 55.0 Å². The molecule has 0 fully saturated rings. The normalized spacial score (nSPS) is 10.4. The van der Waals surface area contributed by atoms with Gasteiger partial charge in [-0.15, -0.1) is 5.10 Å². The van der Waals surface area contributed by atoms with Crippen LogP contribution >= 0.6 is 0 Å². The highest BCUT2D eigenvalue weighted by atomic mass is 16.1. The second kappa shape index (κ2) is 6.57. The monoisotopic (exact) mass is 294 g/mol. The molecule has 0 saturated carbocycles. The van der Waals surface area contributed by atoms with Crippen LogP contribution in [0.5, 0.6) is 0 Å². The molecule has 7 heteroatoms. The quantitative estimate of drug-likeness (QED) is 0.756. The van der Waals surface area contributed by atoms with Crippen LogP contribution in [0, 0.1) is 0 Å². The number of amides is 1. The van der Waals surface area contributed by atoms with Gasteiger partial charge in [-0.3, -0.25) is 9.78 Å².